The molecular formula is C19H21FN2O4. The maximum atomic E-state index is 13.1. The minimum atomic E-state index is -1.03. The quantitative estimate of drug-likeness (QED) is 0.716. The predicted octanol–water partition coefficient (Wildman–Crippen LogP) is 2.08. The third-order valence-electron chi connectivity index (χ3n) is 3.72. The normalized spacial score (nSPS) is 10.2. The molecule has 0 aliphatic carbocycles. The zero-order valence-corrected chi connectivity index (χ0v) is 14.4. The van der Waals surface area contributed by atoms with E-state index in [1.165, 1.54) is 24.1 Å². The molecule has 1 amide bonds. The smallest absolute Gasteiger partial charge is 0.323 e. The van der Waals surface area contributed by atoms with Crippen molar-refractivity contribution in [1.29, 1.82) is 0 Å². The Hall–Kier alpha value is -3.09. The molecule has 0 saturated carbocycles. The molecule has 0 aliphatic heterocycles. The van der Waals surface area contributed by atoms with E-state index in [2.05, 4.69) is 5.32 Å². The van der Waals surface area contributed by atoms with Gasteiger partial charge in [-0.15, -0.1) is 0 Å². The molecule has 0 unspecified atom stereocenters. The number of ether oxygens (including phenoxy) is 1. The lowest BCUT2D eigenvalue weighted by Crippen LogP contribution is -2.40. The Balaban J connectivity index is 1.91. The van der Waals surface area contributed by atoms with Crippen LogP contribution in [0.4, 0.5) is 10.1 Å². The Labute approximate surface area is 151 Å². The highest BCUT2D eigenvalue weighted by Gasteiger charge is 2.15. The van der Waals surface area contributed by atoms with E-state index in [9.17, 15) is 14.0 Å². The van der Waals surface area contributed by atoms with Crippen LogP contribution < -0.4 is 15.0 Å². The second kappa shape index (κ2) is 9.41. The number of benzene rings is 2. The fraction of sp³-hybridized carbons (Fsp3) is 0.263. The van der Waals surface area contributed by atoms with Gasteiger partial charge < -0.3 is 20.1 Å². The van der Waals surface area contributed by atoms with Gasteiger partial charge in [0.15, 0.2) is 0 Å². The number of nitrogens with zero attached hydrogens (tertiary/aromatic N) is 1. The number of hydrogen-bond donors (Lipinski definition) is 2. The molecule has 138 valence electrons. The van der Waals surface area contributed by atoms with Crippen LogP contribution in [0.3, 0.4) is 0 Å². The first-order valence-electron chi connectivity index (χ1n) is 8.10. The lowest BCUT2D eigenvalue weighted by Gasteiger charge is -2.22. The van der Waals surface area contributed by atoms with Crippen LogP contribution in [0, 0.1) is 5.82 Å². The first-order chi connectivity index (χ1) is 12.5. The summed E-state index contributed by atoms with van der Waals surface area (Å²) >= 11 is 0. The molecule has 0 bridgehead atoms. The van der Waals surface area contributed by atoms with Crippen LogP contribution in [0.5, 0.6) is 5.75 Å². The summed E-state index contributed by atoms with van der Waals surface area (Å²) in [6, 6.07) is 13.0. The van der Waals surface area contributed by atoms with Crippen LogP contribution in [-0.2, 0) is 16.0 Å². The van der Waals surface area contributed by atoms with Crippen LogP contribution in [0.1, 0.15) is 5.56 Å². The maximum Gasteiger partial charge on any atom is 0.323 e. The zero-order valence-electron chi connectivity index (χ0n) is 14.4. The van der Waals surface area contributed by atoms with Crippen LogP contribution in [0.2, 0.25) is 0 Å². The van der Waals surface area contributed by atoms with Crippen molar-refractivity contribution in [2.24, 2.45) is 0 Å². The monoisotopic (exact) mass is 360 g/mol. The predicted molar refractivity (Wildman–Crippen MR) is 96.0 cm³/mol. The summed E-state index contributed by atoms with van der Waals surface area (Å²) in [5, 5.41) is 11.8. The van der Waals surface area contributed by atoms with E-state index < -0.39 is 5.97 Å². The third kappa shape index (κ3) is 6.08. The molecule has 0 aliphatic rings. The lowest BCUT2D eigenvalue weighted by molar-refractivity contribution is -0.135. The van der Waals surface area contributed by atoms with Gasteiger partial charge in [-0.3, -0.25) is 9.59 Å². The van der Waals surface area contributed by atoms with E-state index in [-0.39, 0.29) is 24.8 Å². The maximum absolute atomic E-state index is 13.1. The molecule has 26 heavy (non-hydrogen) atoms. The van der Waals surface area contributed by atoms with Crippen molar-refractivity contribution in [3.05, 3.63) is 59.9 Å². The summed E-state index contributed by atoms with van der Waals surface area (Å²) in [6.45, 7) is -0.0583. The molecule has 0 radical (unpaired) electrons. The Bertz CT molecular complexity index is 749. The number of carboxylic acids is 1. The first-order valence-corrected chi connectivity index (χ1v) is 8.10. The number of carbonyl (C=O) groups is 2. The van der Waals surface area contributed by atoms with Crippen molar-refractivity contribution in [3.63, 3.8) is 0 Å². The SMILES string of the molecule is COc1ccc(N(CC(=O)O)CC(=O)NCCc2cccc(F)c2)cc1. The molecule has 2 rings (SSSR count). The molecule has 2 aromatic rings. The highest BCUT2D eigenvalue weighted by molar-refractivity contribution is 5.84. The highest BCUT2D eigenvalue weighted by Crippen LogP contribution is 2.19. The van der Waals surface area contributed by atoms with Crippen molar-refractivity contribution in [2.75, 3.05) is 31.6 Å². The summed E-state index contributed by atoms with van der Waals surface area (Å²) in [6.07, 6.45) is 0.491. The standard InChI is InChI=1S/C19H21FN2O4/c1-26-17-7-5-16(6-8-17)22(13-19(24)25)12-18(23)21-10-9-14-3-2-4-15(20)11-14/h2-8,11H,9-10,12-13H2,1H3,(H,21,23)(H,24,25). The van der Waals surface area contributed by atoms with Gasteiger partial charge in [0.05, 0.1) is 13.7 Å². The number of aliphatic carboxylic acids is 1. The minimum absolute atomic E-state index is 0.0955. The summed E-state index contributed by atoms with van der Waals surface area (Å²) in [4.78, 5) is 24.7. The molecule has 0 saturated heterocycles. The molecule has 6 nitrogen and oxygen atoms in total. The molecule has 0 spiro atoms. The fourth-order valence-corrected chi connectivity index (χ4v) is 2.46. The number of rotatable bonds is 9. The Kier molecular flexibility index (Phi) is 6.96. The molecule has 2 aromatic carbocycles. The van der Waals surface area contributed by atoms with Gasteiger partial charge >= 0.3 is 5.97 Å². The number of carboxylic acid groups (broad SMARTS) is 1. The van der Waals surface area contributed by atoms with Gasteiger partial charge in [-0.2, -0.15) is 0 Å². The van der Waals surface area contributed by atoms with Gasteiger partial charge in [-0.25, -0.2) is 4.39 Å². The Morgan fingerprint density at radius 1 is 1.15 bits per heavy atom. The average molecular weight is 360 g/mol. The van der Waals surface area contributed by atoms with Crippen LogP contribution in [0.15, 0.2) is 48.5 Å². The molecule has 0 atom stereocenters. The van der Waals surface area contributed by atoms with Gasteiger partial charge in [-0.05, 0) is 48.4 Å². The molecular weight excluding hydrogens is 339 g/mol. The van der Waals surface area contributed by atoms with E-state index in [1.807, 2.05) is 0 Å². The molecule has 0 fully saturated rings. The Morgan fingerprint density at radius 2 is 1.88 bits per heavy atom. The zero-order chi connectivity index (χ0) is 18.9. The van der Waals surface area contributed by atoms with Crippen molar-refractivity contribution in [2.45, 2.75) is 6.42 Å². The van der Waals surface area contributed by atoms with Crippen molar-refractivity contribution in [1.82, 2.24) is 5.32 Å². The summed E-state index contributed by atoms with van der Waals surface area (Å²) in [5.74, 6) is -1.02. The van der Waals surface area contributed by atoms with Gasteiger partial charge in [0.25, 0.3) is 0 Å². The number of anilines is 1. The Morgan fingerprint density at radius 3 is 2.50 bits per heavy atom. The second-order valence-electron chi connectivity index (χ2n) is 5.68. The van der Waals surface area contributed by atoms with Gasteiger partial charge in [0.2, 0.25) is 5.91 Å². The van der Waals surface area contributed by atoms with Crippen LogP contribution >= 0.6 is 0 Å². The highest BCUT2D eigenvalue weighted by atomic mass is 19.1. The van der Waals surface area contributed by atoms with E-state index in [0.29, 0.717) is 24.4 Å². The summed E-state index contributed by atoms with van der Waals surface area (Å²) < 4.78 is 18.2. The molecule has 7 heteroatoms. The van der Waals surface area contributed by atoms with E-state index in [4.69, 9.17) is 9.84 Å². The van der Waals surface area contributed by atoms with E-state index in [0.717, 1.165) is 5.56 Å². The van der Waals surface area contributed by atoms with Crippen molar-refractivity contribution in [3.8, 4) is 5.75 Å². The number of hydrogen-bond acceptors (Lipinski definition) is 4. The van der Waals surface area contributed by atoms with Crippen molar-refractivity contribution >= 4 is 17.6 Å². The second-order valence-corrected chi connectivity index (χ2v) is 5.68. The van der Waals surface area contributed by atoms with Gasteiger partial charge in [0, 0.05) is 12.2 Å². The average Bonchev–Trinajstić information content (AvgIpc) is 2.61. The van der Waals surface area contributed by atoms with Crippen LogP contribution in [-0.4, -0.2) is 43.7 Å². The van der Waals surface area contributed by atoms with Gasteiger partial charge in [-0.1, -0.05) is 12.1 Å². The van der Waals surface area contributed by atoms with Crippen molar-refractivity contribution < 1.29 is 23.8 Å². The summed E-state index contributed by atoms with van der Waals surface area (Å²) in [7, 11) is 1.54. The first kappa shape index (κ1) is 19.2. The number of halogens is 1. The van der Waals surface area contributed by atoms with Crippen LogP contribution in [0.25, 0.3) is 0 Å². The van der Waals surface area contributed by atoms with E-state index >= 15 is 0 Å². The lowest BCUT2D eigenvalue weighted by atomic mass is 10.1. The van der Waals surface area contributed by atoms with E-state index in [1.54, 1.807) is 36.4 Å². The summed E-state index contributed by atoms with van der Waals surface area (Å²) in [5.41, 5.74) is 1.39. The third-order valence-corrected chi connectivity index (χ3v) is 3.72. The molecule has 0 aromatic heterocycles. The largest absolute Gasteiger partial charge is 0.497 e. The number of carbonyl (C=O) groups excluding carboxylic acids is 1. The fourth-order valence-electron chi connectivity index (χ4n) is 2.46. The van der Waals surface area contributed by atoms with Gasteiger partial charge in [0.1, 0.15) is 18.1 Å². The topological polar surface area (TPSA) is 78.9 Å². The number of nitrogens with one attached hydrogen (secondary N) is 1. The minimum Gasteiger partial charge on any atom is -0.497 e. The number of amides is 1. The molecule has 0 heterocycles. The molecule has 2 N–H and O–H groups in total. The number of methoxy groups -OCH3 is 1.